The molecular formula is C23H24FN3O3. The van der Waals surface area contributed by atoms with Crippen LogP contribution in [0.4, 0.5) is 4.39 Å². The Bertz CT molecular complexity index is 1080. The minimum absolute atomic E-state index is 0.187. The number of aryl methyl sites for hydroxylation is 1. The monoisotopic (exact) mass is 409 g/mol. The Morgan fingerprint density at radius 1 is 1.13 bits per heavy atom. The number of H-pyrrole nitrogens is 1. The maximum Gasteiger partial charge on any atom is 0.330 e. The topological polar surface area (TPSA) is 76.1 Å². The molecule has 4 rings (SSSR count). The molecule has 0 radical (unpaired) electrons. The average molecular weight is 409 g/mol. The predicted molar refractivity (Wildman–Crippen MR) is 112 cm³/mol. The number of imidazole rings is 1. The maximum atomic E-state index is 13.4. The highest BCUT2D eigenvalue weighted by Crippen LogP contribution is 2.34. The Kier molecular flexibility index (Phi) is 5.55. The number of hydrogen-bond acceptors (Lipinski definition) is 3. The van der Waals surface area contributed by atoms with E-state index in [4.69, 9.17) is 4.74 Å². The fraction of sp³-hybridized carbons (Fsp3) is 0.304. The molecule has 6 nitrogen and oxygen atoms in total. The van der Waals surface area contributed by atoms with Crippen molar-refractivity contribution >= 4 is 5.91 Å². The van der Waals surface area contributed by atoms with Crippen LogP contribution in [0.3, 0.4) is 0 Å². The van der Waals surface area contributed by atoms with Gasteiger partial charge in [0, 0.05) is 42.6 Å². The first-order chi connectivity index (χ1) is 14.5. The number of aromatic amines is 1. The van der Waals surface area contributed by atoms with Crippen molar-refractivity contribution < 1.29 is 13.9 Å². The third-order valence-corrected chi connectivity index (χ3v) is 5.84. The summed E-state index contributed by atoms with van der Waals surface area (Å²) < 4.78 is 20.4. The molecule has 156 valence electrons. The van der Waals surface area contributed by atoms with Crippen LogP contribution < -0.4 is 11.0 Å². The number of hydrogen-bond donors (Lipinski definition) is 2. The number of nitrogens with zero attached hydrogens (tertiary/aromatic N) is 1. The molecule has 0 unspecified atom stereocenters. The van der Waals surface area contributed by atoms with Crippen molar-refractivity contribution in [3.05, 3.63) is 87.9 Å². The largest absolute Gasteiger partial charge is 0.381 e. The highest BCUT2D eigenvalue weighted by molar-refractivity contribution is 5.94. The highest BCUT2D eigenvalue weighted by atomic mass is 19.1. The van der Waals surface area contributed by atoms with E-state index in [0.717, 1.165) is 24.1 Å². The average Bonchev–Trinajstić information content (AvgIpc) is 3.11. The highest BCUT2D eigenvalue weighted by Gasteiger charge is 2.35. The Hall–Kier alpha value is -3.19. The van der Waals surface area contributed by atoms with Gasteiger partial charge in [0.05, 0.1) is 5.69 Å². The van der Waals surface area contributed by atoms with E-state index in [2.05, 4.69) is 10.3 Å². The zero-order chi connectivity index (χ0) is 21.1. The van der Waals surface area contributed by atoms with E-state index < -0.39 is 0 Å². The first-order valence-electron chi connectivity index (χ1n) is 9.98. The minimum atomic E-state index is -0.281. The van der Waals surface area contributed by atoms with Crippen molar-refractivity contribution in [3.63, 3.8) is 0 Å². The summed E-state index contributed by atoms with van der Waals surface area (Å²) >= 11 is 0. The normalized spacial score (nSPS) is 15.7. The van der Waals surface area contributed by atoms with Crippen LogP contribution in [-0.2, 0) is 10.2 Å². The second-order valence-electron chi connectivity index (χ2n) is 7.70. The van der Waals surface area contributed by atoms with Crippen LogP contribution in [0, 0.1) is 12.7 Å². The van der Waals surface area contributed by atoms with Crippen molar-refractivity contribution in [3.8, 4) is 5.69 Å². The van der Waals surface area contributed by atoms with Crippen LogP contribution in [0.25, 0.3) is 5.69 Å². The van der Waals surface area contributed by atoms with Gasteiger partial charge in [-0.25, -0.2) is 9.18 Å². The number of nitrogens with one attached hydrogen (secondary N) is 2. The molecule has 7 heteroatoms. The van der Waals surface area contributed by atoms with Gasteiger partial charge in [-0.2, -0.15) is 0 Å². The van der Waals surface area contributed by atoms with Crippen molar-refractivity contribution in [2.45, 2.75) is 25.2 Å². The molecule has 2 aromatic carbocycles. The first-order valence-corrected chi connectivity index (χ1v) is 9.98. The van der Waals surface area contributed by atoms with Gasteiger partial charge in [0.1, 0.15) is 5.82 Å². The van der Waals surface area contributed by atoms with Gasteiger partial charge in [-0.3, -0.25) is 9.36 Å². The second kappa shape index (κ2) is 8.28. The van der Waals surface area contributed by atoms with Crippen LogP contribution in [0.15, 0.2) is 59.5 Å². The van der Waals surface area contributed by atoms with E-state index in [0.29, 0.717) is 31.0 Å². The minimum Gasteiger partial charge on any atom is -0.381 e. The SMILES string of the molecule is Cc1c[nH]c(=O)n1-c1ccc(C(=O)NCC2(c3ccc(F)cc3)CCOCC2)cc1. The summed E-state index contributed by atoms with van der Waals surface area (Å²) in [6.07, 6.45) is 3.16. The summed E-state index contributed by atoms with van der Waals surface area (Å²) in [5.74, 6) is -0.463. The summed E-state index contributed by atoms with van der Waals surface area (Å²) in [4.78, 5) is 27.3. The van der Waals surface area contributed by atoms with Crippen LogP contribution in [-0.4, -0.2) is 35.2 Å². The summed E-state index contributed by atoms with van der Waals surface area (Å²) in [6, 6.07) is 13.4. The molecule has 3 aromatic rings. The standard InChI is InChI=1S/C23H24FN3O3/c1-16-14-25-22(29)27(16)20-8-2-17(3-9-20)21(28)26-15-23(10-12-30-13-11-23)18-4-6-19(24)7-5-18/h2-9,14H,10-13,15H2,1H3,(H,25,29)(H,26,28). The summed E-state index contributed by atoms with van der Waals surface area (Å²) in [7, 11) is 0. The number of amides is 1. The van der Waals surface area contributed by atoms with Crippen LogP contribution >= 0.6 is 0 Å². The lowest BCUT2D eigenvalue weighted by Gasteiger charge is -2.38. The molecule has 0 saturated carbocycles. The van der Waals surface area contributed by atoms with Crippen molar-refractivity contribution in [2.24, 2.45) is 0 Å². The quantitative estimate of drug-likeness (QED) is 0.680. The van der Waals surface area contributed by atoms with Crippen LogP contribution in [0.2, 0.25) is 0 Å². The molecule has 2 heterocycles. The Labute approximate surface area is 173 Å². The molecule has 30 heavy (non-hydrogen) atoms. The zero-order valence-electron chi connectivity index (χ0n) is 16.8. The van der Waals surface area contributed by atoms with Gasteiger partial charge in [-0.15, -0.1) is 0 Å². The van der Waals surface area contributed by atoms with Crippen molar-refractivity contribution in [1.29, 1.82) is 0 Å². The molecule has 2 N–H and O–H groups in total. The molecular weight excluding hydrogens is 385 g/mol. The Balaban J connectivity index is 1.50. The smallest absolute Gasteiger partial charge is 0.330 e. The lowest BCUT2D eigenvalue weighted by atomic mass is 9.74. The van der Waals surface area contributed by atoms with Gasteiger partial charge < -0.3 is 15.0 Å². The molecule has 1 aliphatic rings. The van der Waals surface area contributed by atoms with E-state index in [1.807, 2.05) is 6.92 Å². The number of ether oxygens (including phenoxy) is 1. The number of halogens is 1. The second-order valence-corrected chi connectivity index (χ2v) is 7.70. The summed E-state index contributed by atoms with van der Waals surface area (Å²) in [5, 5.41) is 3.04. The van der Waals surface area contributed by atoms with Crippen molar-refractivity contribution in [1.82, 2.24) is 14.9 Å². The zero-order valence-corrected chi connectivity index (χ0v) is 16.8. The molecule has 1 aromatic heterocycles. The predicted octanol–water partition coefficient (Wildman–Crippen LogP) is 3.09. The van der Waals surface area contributed by atoms with Gasteiger partial charge >= 0.3 is 5.69 Å². The molecule has 1 aliphatic heterocycles. The van der Waals surface area contributed by atoms with Crippen LogP contribution in [0.1, 0.15) is 34.5 Å². The van der Waals surface area contributed by atoms with Crippen LogP contribution in [0.5, 0.6) is 0 Å². The third-order valence-electron chi connectivity index (χ3n) is 5.84. The van der Waals surface area contributed by atoms with Gasteiger partial charge in [-0.05, 0) is 61.7 Å². The van der Waals surface area contributed by atoms with E-state index in [1.54, 1.807) is 47.2 Å². The first kappa shape index (κ1) is 20.1. The number of benzene rings is 2. The Morgan fingerprint density at radius 3 is 2.40 bits per heavy atom. The van der Waals surface area contributed by atoms with E-state index in [-0.39, 0.29) is 22.8 Å². The number of aromatic nitrogens is 2. The fourth-order valence-corrected chi connectivity index (χ4v) is 4.02. The van der Waals surface area contributed by atoms with Gasteiger partial charge in [0.15, 0.2) is 0 Å². The van der Waals surface area contributed by atoms with Gasteiger partial charge in [0.25, 0.3) is 5.91 Å². The molecule has 0 spiro atoms. The maximum absolute atomic E-state index is 13.4. The lowest BCUT2D eigenvalue weighted by Crippen LogP contribution is -2.44. The van der Waals surface area contributed by atoms with E-state index >= 15 is 0 Å². The lowest BCUT2D eigenvalue weighted by molar-refractivity contribution is 0.0487. The number of carbonyl (C=O) groups is 1. The molecule has 0 bridgehead atoms. The molecule has 0 aliphatic carbocycles. The summed E-state index contributed by atoms with van der Waals surface area (Å²) in [6.45, 7) is 3.49. The van der Waals surface area contributed by atoms with E-state index in [9.17, 15) is 14.0 Å². The van der Waals surface area contributed by atoms with Gasteiger partial charge in [0.2, 0.25) is 0 Å². The molecule has 1 amide bonds. The number of rotatable bonds is 5. The fourth-order valence-electron chi connectivity index (χ4n) is 4.02. The number of carbonyl (C=O) groups excluding carboxylic acids is 1. The molecule has 0 atom stereocenters. The van der Waals surface area contributed by atoms with Gasteiger partial charge in [-0.1, -0.05) is 12.1 Å². The molecule has 1 saturated heterocycles. The third kappa shape index (κ3) is 3.93. The van der Waals surface area contributed by atoms with Crippen molar-refractivity contribution in [2.75, 3.05) is 19.8 Å². The molecule has 1 fully saturated rings. The Morgan fingerprint density at radius 2 is 1.80 bits per heavy atom. The summed E-state index contributed by atoms with van der Waals surface area (Å²) in [5.41, 5.74) is 2.51. The van der Waals surface area contributed by atoms with E-state index in [1.165, 1.54) is 12.1 Å².